The van der Waals surface area contributed by atoms with E-state index in [1.807, 2.05) is 0 Å². The van der Waals surface area contributed by atoms with Crippen LogP contribution in [-0.2, 0) is 0 Å². The Morgan fingerprint density at radius 3 is 1.97 bits per heavy atom. The molecule has 6 unspecified atom stereocenters. The highest BCUT2D eigenvalue weighted by Gasteiger charge is 2.60. The zero-order valence-electron chi connectivity index (χ0n) is 21.7. The SMILES string of the molecule is CC1CCC(CCC(C)C(C)[C@@H](C)C(C)C2(N)CCC2(C)C(C)C2CCCC2)CC1. The fourth-order valence-corrected chi connectivity index (χ4v) is 8.01. The Morgan fingerprint density at radius 1 is 0.833 bits per heavy atom. The zero-order chi connectivity index (χ0) is 22.1. The van der Waals surface area contributed by atoms with E-state index in [1.54, 1.807) is 0 Å². The first kappa shape index (κ1) is 24.6. The van der Waals surface area contributed by atoms with Crippen LogP contribution in [0.4, 0.5) is 0 Å². The van der Waals surface area contributed by atoms with Gasteiger partial charge in [0, 0.05) is 5.54 Å². The van der Waals surface area contributed by atoms with Crippen molar-refractivity contribution in [3.8, 4) is 0 Å². The summed E-state index contributed by atoms with van der Waals surface area (Å²) in [6.07, 6.45) is 17.2. The fourth-order valence-electron chi connectivity index (χ4n) is 8.01. The van der Waals surface area contributed by atoms with E-state index >= 15 is 0 Å². The van der Waals surface area contributed by atoms with Crippen molar-refractivity contribution in [2.45, 2.75) is 131 Å². The quantitative estimate of drug-likeness (QED) is 0.400. The molecule has 30 heavy (non-hydrogen) atoms. The Bertz CT molecular complexity index is 528. The predicted molar refractivity (Wildman–Crippen MR) is 132 cm³/mol. The molecule has 1 nitrogen and oxygen atoms in total. The third-order valence-electron chi connectivity index (χ3n) is 11.7. The van der Waals surface area contributed by atoms with Gasteiger partial charge in [-0.1, -0.05) is 113 Å². The van der Waals surface area contributed by atoms with Gasteiger partial charge in [0.25, 0.3) is 0 Å². The molecule has 3 aliphatic carbocycles. The summed E-state index contributed by atoms with van der Waals surface area (Å²) in [4.78, 5) is 0. The summed E-state index contributed by atoms with van der Waals surface area (Å²) in [5.41, 5.74) is 7.72. The Hall–Kier alpha value is -0.0400. The van der Waals surface area contributed by atoms with E-state index in [-0.39, 0.29) is 5.54 Å². The van der Waals surface area contributed by atoms with Crippen molar-refractivity contribution in [3.05, 3.63) is 0 Å². The van der Waals surface area contributed by atoms with Crippen LogP contribution < -0.4 is 5.73 Å². The molecule has 0 heterocycles. The topological polar surface area (TPSA) is 26.0 Å². The number of hydrogen-bond donors (Lipinski definition) is 1. The minimum Gasteiger partial charge on any atom is -0.324 e. The Morgan fingerprint density at radius 2 is 1.43 bits per heavy atom. The molecule has 176 valence electrons. The third kappa shape index (κ3) is 4.67. The molecular formula is C29H55N. The lowest BCUT2D eigenvalue weighted by atomic mass is 9.44. The monoisotopic (exact) mass is 417 g/mol. The highest BCUT2D eigenvalue weighted by molar-refractivity contribution is 5.15. The first-order valence-electron chi connectivity index (χ1n) is 13.9. The molecule has 0 aromatic rings. The fraction of sp³-hybridized carbons (Fsp3) is 1.00. The van der Waals surface area contributed by atoms with Gasteiger partial charge in [-0.3, -0.25) is 0 Å². The van der Waals surface area contributed by atoms with Crippen molar-refractivity contribution in [2.75, 3.05) is 0 Å². The Kier molecular flexibility index (Phi) is 8.07. The van der Waals surface area contributed by atoms with Gasteiger partial charge in [-0.2, -0.15) is 0 Å². The van der Waals surface area contributed by atoms with Crippen molar-refractivity contribution in [1.82, 2.24) is 0 Å². The lowest BCUT2D eigenvalue weighted by Crippen LogP contribution is -2.70. The van der Waals surface area contributed by atoms with Gasteiger partial charge in [0.1, 0.15) is 0 Å². The summed E-state index contributed by atoms with van der Waals surface area (Å²) in [5.74, 6) is 6.62. The van der Waals surface area contributed by atoms with E-state index in [1.165, 1.54) is 77.0 Å². The molecule has 3 fully saturated rings. The third-order valence-corrected chi connectivity index (χ3v) is 11.7. The molecule has 0 radical (unpaired) electrons. The Balaban J connectivity index is 1.55. The molecule has 0 spiro atoms. The lowest BCUT2D eigenvalue weighted by molar-refractivity contribution is -0.103. The standard InChI is InChI=1S/C29H55N/c1-20-12-15-26(16-13-20)17-14-21(2)22(3)23(4)24(5)29(30)19-18-28(29,7)25(6)27-10-8-9-11-27/h20-27H,8-19,30H2,1-7H3/t20?,21?,22?,23-,24?,25?,26?,28?,29?/m1/s1. The minimum absolute atomic E-state index is 0.0436. The molecule has 3 aliphatic rings. The van der Waals surface area contributed by atoms with Gasteiger partial charge in [-0.25, -0.2) is 0 Å². The number of rotatable bonds is 9. The molecule has 0 aromatic heterocycles. The van der Waals surface area contributed by atoms with Crippen molar-refractivity contribution < 1.29 is 0 Å². The lowest BCUT2D eigenvalue weighted by Gasteiger charge is -2.64. The molecule has 2 N–H and O–H groups in total. The summed E-state index contributed by atoms with van der Waals surface area (Å²) >= 11 is 0. The molecule has 0 aliphatic heterocycles. The van der Waals surface area contributed by atoms with Gasteiger partial charge < -0.3 is 5.73 Å². The number of nitrogens with two attached hydrogens (primary N) is 1. The van der Waals surface area contributed by atoms with Gasteiger partial charge in [0.2, 0.25) is 0 Å². The van der Waals surface area contributed by atoms with Gasteiger partial charge in [0.05, 0.1) is 0 Å². The van der Waals surface area contributed by atoms with Crippen LogP contribution in [-0.4, -0.2) is 5.54 Å². The highest BCUT2D eigenvalue weighted by Crippen LogP contribution is 2.61. The van der Waals surface area contributed by atoms with Crippen LogP contribution in [0.3, 0.4) is 0 Å². The van der Waals surface area contributed by atoms with E-state index in [0.717, 1.165) is 35.5 Å². The van der Waals surface area contributed by atoms with Crippen LogP contribution in [0, 0.1) is 52.8 Å². The van der Waals surface area contributed by atoms with E-state index in [4.69, 9.17) is 5.73 Å². The normalized spacial score (nSPS) is 40.4. The van der Waals surface area contributed by atoms with E-state index in [9.17, 15) is 0 Å². The van der Waals surface area contributed by atoms with Crippen LogP contribution in [0.1, 0.15) is 126 Å². The molecule has 0 aromatic carbocycles. The van der Waals surface area contributed by atoms with Crippen LogP contribution in [0.25, 0.3) is 0 Å². The second-order valence-electron chi connectivity index (χ2n) is 13.0. The van der Waals surface area contributed by atoms with Crippen molar-refractivity contribution in [3.63, 3.8) is 0 Å². The van der Waals surface area contributed by atoms with Crippen LogP contribution >= 0.6 is 0 Å². The molecule has 3 rings (SSSR count). The maximum Gasteiger partial charge on any atom is 0.0240 e. The maximum absolute atomic E-state index is 7.34. The van der Waals surface area contributed by atoms with Crippen LogP contribution in [0.15, 0.2) is 0 Å². The maximum atomic E-state index is 7.34. The van der Waals surface area contributed by atoms with E-state index in [0.29, 0.717) is 17.3 Å². The molecule has 0 bridgehead atoms. The smallest absolute Gasteiger partial charge is 0.0240 e. The predicted octanol–water partition coefficient (Wildman–Crippen LogP) is 8.46. The second-order valence-corrected chi connectivity index (χ2v) is 13.0. The highest BCUT2D eigenvalue weighted by atomic mass is 14.9. The van der Waals surface area contributed by atoms with Gasteiger partial charge in [0.15, 0.2) is 0 Å². The zero-order valence-corrected chi connectivity index (χ0v) is 21.7. The minimum atomic E-state index is 0.0436. The van der Waals surface area contributed by atoms with Crippen molar-refractivity contribution in [2.24, 2.45) is 58.5 Å². The van der Waals surface area contributed by atoms with Crippen LogP contribution in [0.2, 0.25) is 0 Å². The summed E-state index contributed by atoms with van der Waals surface area (Å²) in [6.45, 7) is 17.6. The largest absolute Gasteiger partial charge is 0.324 e. The van der Waals surface area contributed by atoms with E-state index in [2.05, 4.69) is 48.5 Å². The summed E-state index contributed by atoms with van der Waals surface area (Å²) in [5, 5.41) is 0. The van der Waals surface area contributed by atoms with Gasteiger partial charge in [-0.05, 0) is 65.6 Å². The average molecular weight is 418 g/mol. The molecule has 0 amide bonds. The van der Waals surface area contributed by atoms with Gasteiger partial charge in [-0.15, -0.1) is 0 Å². The van der Waals surface area contributed by atoms with Gasteiger partial charge >= 0.3 is 0 Å². The van der Waals surface area contributed by atoms with E-state index < -0.39 is 0 Å². The molecule has 7 atom stereocenters. The molecule has 3 saturated carbocycles. The summed E-state index contributed by atoms with van der Waals surface area (Å²) in [6, 6.07) is 0. The summed E-state index contributed by atoms with van der Waals surface area (Å²) in [7, 11) is 0. The Labute approximate surface area is 189 Å². The molecular weight excluding hydrogens is 362 g/mol. The first-order valence-corrected chi connectivity index (χ1v) is 13.9. The molecule has 1 heteroatoms. The first-order chi connectivity index (χ1) is 14.1. The second kappa shape index (κ2) is 9.84. The van der Waals surface area contributed by atoms with Crippen LogP contribution in [0.5, 0.6) is 0 Å². The summed E-state index contributed by atoms with van der Waals surface area (Å²) < 4.78 is 0. The van der Waals surface area contributed by atoms with Crippen molar-refractivity contribution in [1.29, 1.82) is 0 Å². The van der Waals surface area contributed by atoms with Crippen molar-refractivity contribution >= 4 is 0 Å². The average Bonchev–Trinajstić information content (AvgIpc) is 3.29. The number of hydrogen-bond acceptors (Lipinski definition) is 1. The molecule has 0 saturated heterocycles.